The minimum Gasteiger partial charge on any atom is -0.339 e. The number of benzene rings is 1. The van der Waals surface area contributed by atoms with Crippen molar-refractivity contribution >= 4 is 39.8 Å². The Balaban J connectivity index is 0.000000440. The molecule has 0 amide bonds. The number of hydrazone groups is 1. The third-order valence-electron chi connectivity index (χ3n) is 5.40. The summed E-state index contributed by atoms with van der Waals surface area (Å²) in [5.74, 6) is 0.756. The van der Waals surface area contributed by atoms with Crippen LogP contribution in [-0.2, 0) is 5.41 Å². The normalized spacial score (nSPS) is 11.5. The summed E-state index contributed by atoms with van der Waals surface area (Å²) in [6.07, 6.45) is 6.34. The number of aryl methyl sites for hydroxylation is 1. The second-order valence-corrected chi connectivity index (χ2v) is 10.1. The van der Waals surface area contributed by atoms with E-state index in [-0.39, 0.29) is 5.41 Å². The van der Waals surface area contributed by atoms with Gasteiger partial charge in [0, 0.05) is 35.6 Å². The number of rotatable bonds is 10. The lowest BCUT2D eigenvalue weighted by Crippen LogP contribution is -2.20. The van der Waals surface area contributed by atoms with E-state index in [4.69, 9.17) is 0 Å². The zero-order chi connectivity index (χ0) is 25.1. The zero-order valence-electron chi connectivity index (χ0n) is 21.8. The Labute approximate surface area is 209 Å². The lowest BCUT2D eigenvalue weighted by Gasteiger charge is -2.20. The molecule has 184 valence electrons. The fraction of sp³-hybridized carbons (Fsp3) is 0.444. The van der Waals surface area contributed by atoms with Gasteiger partial charge in [-0.3, -0.25) is 0 Å². The molecule has 1 aromatic carbocycles. The van der Waals surface area contributed by atoms with Crippen LogP contribution in [0.4, 0.5) is 5.82 Å². The van der Waals surface area contributed by atoms with Crippen molar-refractivity contribution in [3.8, 4) is 0 Å². The largest absolute Gasteiger partial charge is 0.339 e. The predicted octanol–water partition coefficient (Wildman–Crippen LogP) is 6.30. The van der Waals surface area contributed by atoms with E-state index in [0.29, 0.717) is 0 Å². The Morgan fingerprint density at radius 3 is 2.47 bits per heavy atom. The molecule has 0 spiro atoms. The Morgan fingerprint density at radius 1 is 1.18 bits per heavy atom. The van der Waals surface area contributed by atoms with Crippen LogP contribution in [0.1, 0.15) is 56.8 Å². The average molecular weight is 481 g/mol. The smallest absolute Gasteiger partial charge is 0.130 e. The number of thiazole rings is 1. The van der Waals surface area contributed by atoms with Crippen molar-refractivity contribution in [2.45, 2.75) is 52.9 Å². The van der Waals surface area contributed by atoms with E-state index in [1.807, 2.05) is 30.8 Å². The third kappa shape index (κ3) is 8.22. The molecule has 0 aliphatic carbocycles. The monoisotopic (exact) mass is 480 g/mol. The number of nitrogens with zero attached hydrogens (tertiary/aromatic N) is 4. The standard InChI is InChI=1S/C20H23N5S.C7H17N/c1-13(18-11-26-14(2)25-18)24-19-9-16-8-17(7-6-15(16)10-22-19)20(3,4)12-23-21-5;1-4-6-8(3)7-5-2/h6-12,21H,1H2,2-5H3,(H,22,24);4-7H2,1-3H3/b23-12-;. The minimum atomic E-state index is -0.171. The molecule has 2 aromatic heterocycles. The first-order chi connectivity index (χ1) is 16.2. The van der Waals surface area contributed by atoms with E-state index in [2.05, 4.69) is 90.2 Å². The highest BCUT2D eigenvalue weighted by Crippen LogP contribution is 2.27. The van der Waals surface area contributed by atoms with Gasteiger partial charge in [-0.25, -0.2) is 9.97 Å². The predicted molar refractivity (Wildman–Crippen MR) is 150 cm³/mol. The molecule has 0 saturated carbocycles. The van der Waals surface area contributed by atoms with Crippen LogP contribution < -0.4 is 10.7 Å². The Hall–Kier alpha value is -2.77. The highest BCUT2D eigenvalue weighted by molar-refractivity contribution is 7.09. The fourth-order valence-corrected chi connectivity index (χ4v) is 4.13. The molecule has 0 aliphatic rings. The van der Waals surface area contributed by atoms with Crippen LogP contribution in [0.3, 0.4) is 0 Å². The molecule has 34 heavy (non-hydrogen) atoms. The van der Waals surface area contributed by atoms with Gasteiger partial charge < -0.3 is 15.6 Å². The van der Waals surface area contributed by atoms with Crippen LogP contribution in [0.2, 0.25) is 0 Å². The van der Waals surface area contributed by atoms with Gasteiger partial charge in [-0.05, 0) is 56.9 Å². The van der Waals surface area contributed by atoms with Gasteiger partial charge in [0.1, 0.15) is 5.82 Å². The maximum absolute atomic E-state index is 4.49. The summed E-state index contributed by atoms with van der Waals surface area (Å²) in [4.78, 5) is 11.3. The Kier molecular flexibility index (Phi) is 10.7. The molecule has 7 heteroatoms. The second kappa shape index (κ2) is 13.2. The van der Waals surface area contributed by atoms with E-state index < -0.39 is 0 Å². The van der Waals surface area contributed by atoms with Gasteiger partial charge in [-0.15, -0.1) is 11.3 Å². The summed E-state index contributed by atoms with van der Waals surface area (Å²) < 4.78 is 0. The van der Waals surface area contributed by atoms with Crippen LogP contribution in [0.15, 0.2) is 47.5 Å². The quantitative estimate of drug-likeness (QED) is 0.263. The van der Waals surface area contributed by atoms with Crippen LogP contribution in [0.5, 0.6) is 0 Å². The molecule has 0 atom stereocenters. The van der Waals surface area contributed by atoms with Gasteiger partial charge in [0.2, 0.25) is 0 Å². The SMILES string of the molecule is C=C(Nc1cc2cc(C(C)(C)/C=N\NC)ccc2cn1)c1csc(C)n1.CCCN(C)CCC. The van der Waals surface area contributed by atoms with Crippen molar-refractivity contribution in [3.63, 3.8) is 0 Å². The average Bonchev–Trinajstić information content (AvgIpc) is 3.24. The summed E-state index contributed by atoms with van der Waals surface area (Å²) in [6, 6.07) is 8.43. The van der Waals surface area contributed by atoms with Crippen LogP contribution in [0.25, 0.3) is 16.5 Å². The molecule has 2 N–H and O–H groups in total. The zero-order valence-corrected chi connectivity index (χ0v) is 22.6. The van der Waals surface area contributed by atoms with Crippen LogP contribution >= 0.6 is 11.3 Å². The summed E-state index contributed by atoms with van der Waals surface area (Å²) in [7, 11) is 3.97. The Morgan fingerprint density at radius 2 is 1.88 bits per heavy atom. The molecule has 0 bridgehead atoms. The number of fused-ring (bicyclic) bond motifs is 1. The number of anilines is 1. The molecule has 0 radical (unpaired) electrons. The summed E-state index contributed by atoms with van der Waals surface area (Å²) in [5, 5.41) is 12.7. The van der Waals surface area contributed by atoms with Crippen molar-refractivity contribution in [2.75, 3.05) is 32.5 Å². The van der Waals surface area contributed by atoms with Gasteiger partial charge in [0.05, 0.1) is 16.4 Å². The molecule has 0 aliphatic heterocycles. The number of aromatic nitrogens is 2. The molecule has 6 nitrogen and oxygen atoms in total. The van der Waals surface area contributed by atoms with Gasteiger partial charge >= 0.3 is 0 Å². The van der Waals surface area contributed by atoms with Crippen molar-refractivity contribution in [1.29, 1.82) is 0 Å². The topological polar surface area (TPSA) is 65.4 Å². The van der Waals surface area contributed by atoms with Crippen molar-refractivity contribution in [2.24, 2.45) is 5.10 Å². The van der Waals surface area contributed by atoms with Gasteiger partial charge in [-0.1, -0.05) is 52.5 Å². The van der Waals surface area contributed by atoms with Crippen molar-refractivity contribution in [3.05, 3.63) is 58.7 Å². The molecule has 2 heterocycles. The number of pyridine rings is 1. The molecule has 0 unspecified atom stereocenters. The fourth-order valence-electron chi connectivity index (χ4n) is 3.51. The highest BCUT2D eigenvalue weighted by atomic mass is 32.1. The van der Waals surface area contributed by atoms with Gasteiger partial charge in [-0.2, -0.15) is 5.10 Å². The second-order valence-electron chi connectivity index (χ2n) is 8.99. The lowest BCUT2D eigenvalue weighted by atomic mass is 9.85. The lowest BCUT2D eigenvalue weighted by molar-refractivity contribution is 0.335. The van der Waals surface area contributed by atoms with Crippen LogP contribution in [-0.4, -0.2) is 48.3 Å². The number of hydrogen-bond donors (Lipinski definition) is 2. The first-order valence-corrected chi connectivity index (χ1v) is 12.8. The van der Waals surface area contributed by atoms with Crippen molar-refractivity contribution < 1.29 is 0 Å². The molecule has 3 aromatic rings. The highest BCUT2D eigenvalue weighted by Gasteiger charge is 2.18. The summed E-state index contributed by atoms with van der Waals surface area (Å²) in [6.45, 7) is 17.3. The minimum absolute atomic E-state index is 0.171. The maximum Gasteiger partial charge on any atom is 0.130 e. The van der Waals surface area contributed by atoms with E-state index in [0.717, 1.165) is 33.0 Å². The maximum atomic E-state index is 4.49. The number of hydrogen-bond acceptors (Lipinski definition) is 7. The van der Waals surface area contributed by atoms with Crippen molar-refractivity contribution in [1.82, 2.24) is 20.3 Å². The summed E-state index contributed by atoms with van der Waals surface area (Å²) >= 11 is 1.61. The first kappa shape index (κ1) is 27.5. The number of nitrogens with one attached hydrogen (secondary N) is 2. The van der Waals surface area contributed by atoms with E-state index in [9.17, 15) is 0 Å². The molecule has 3 rings (SSSR count). The molecular weight excluding hydrogens is 440 g/mol. The molecular formula is C27H40N6S. The Bertz CT molecular complexity index is 1080. The first-order valence-electron chi connectivity index (χ1n) is 11.9. The van der Waals surface area contributed by atoms with Gasteiger partial charge in [0.25, 0.3) is 0 Å². The third-order valence-corrected chi connectivity index (χ3v) is 6.17. The summed E-state index contributed by atoms with van der Waals surface area (Å²) in [5.41, 5.74) is 5.44. The van der Waals surface area contributed by atoms with E-state index in [1.165, 1.54) is 31.5 Å². The van der Waals surface area contributed by atoms with Gasteiger partial charge in [0.15, 0.2) is 0 Å². The van der Waals surface area contributed by atoms with E-state index >= 15 is 0 Å². The van der Waals surface area contributed by atoms with Crippen LogP contribution in [0, 0.1) is 6.92 Å². The molecule has 0 fully saturated rings. The van der Waals surface area contributed by atoms with E-state index in [1.54, 1.807) is 18.4 Å². The molecule has 0 saturated heterocycles.